The van der Waals surface area contributed by atoms with Gasteiger partial charge in [0.05, 0.1) is 16.9 Å². The van der Waals surface area contributed by atoms with E-state index in [9.17, 15) is 9.59 Å². The number of amides is 1. The van der Waals surface area contributed by atoms with Gasteiger partial charge in [0.15, 0.2) is 0 Å². The Kier molecular flexibility index (Phi) is 3.99. The minimum Gasteiger partial charge on any atom is -0.325 e. The summed E-state index contributed by atoms with van der Waals surface area (Å²) in [5.74, 6) is -0.284. The molecule has 1 amide bonds. The third kappa shape index (κ3) is 2.90. The van der Waals surface area contributed by atoms with Gasteiger partial charge >= 0.3 is 0 Å². The van der Waals surface area contributed by atoms with Crippen LogP contribution in [-0.4, -0.2) is 15.5 Å². The number of benzene rings is 2. The summed E-state index contributed by atoms with van der Waals surface area (Å²) in [5.41, 5.74) is 1.02. The number of nitrogens with zero attached hydrogens (tertiary/aromatic N) is 2. The van der Waals surface area contributed by atoms with Crippen molar-refractivity contribution in [3.8, 4) is 0 Å². The zero-order chi connectivity index (χ0) is 17.4. The monoisotopic (exact) mass is 369 g/mol. The number of hydrogen-bond donors (Lipinski definition) is 1. The lowest BCUT2D eigenvalue weighted by Crippen LogP contribution is -2.27. The number of para-hydroxylation sites is 1. The second-order valence-electron chi connectivity index (χ2n) is 5.48. The maximum Gasteiger partial charge on any atom is 0.271 e. The number of halogens is 1. The third-order valence-corrected chi connectivity index (χ3v) is 5.24. The summed E-state index contributed by atoms with van der Waals surface area (Å²) >= 11 is 7.57. The number of aromatic nitrogens is 2. The molecular weight excluding hydrogens is 358 g/mol. The fourth-order valence-electron chi connectivity index (χ4n) is 2.66. The van der Waals surface area contributed by atoms with E-state index in [1.807, 2.05) is 30.3 Å². The van der Waals surface area contributed by atoms with Gasteiger partial charge in [-0.05, 0) is 24.3 Å². The summed E-state index contributed by atoms with van der Waals surface area (Å²) in [6.45, 7) is -0.0986. The van der Waals surface area contributed by atoms with E-state index in [4.69, 9.17) is 11.6 Å². The molecule has 0 atom stereocenters. The van der Waals surface area contributed by atoms with Crippen molar-refractivity contribution in [2.45, 2.75) is 6.54 Å². The lowest BCUT2D eigenvalue weighted by Gasteiger charge is -2.07. The molecule has 0 aliphatic carbocycles. The number of nitrogens with one attached hydrogen (secondary N) is 1. The molecule has 0 saturated carbocycles. The molecule has 0 fully saturated rings. The van der Waals surface area contributed by atoms with Gasteiger partial charge in [0.1, 0.15) is 11.2 Å². The Balaban J connectivity index is 1.70. The van der Waals surface area contributed by atoms with E-state index >= 15 is 0 Å². The zero-order valence-corrected chi connectivity index (χ0v) is 14.5. The van der Waals surface area contributed by atoms with Gasteiger partial charge in [-0.25, -0.2) is 4.98 Å². The molecule has 7 heteroatoms. The van der Waals surface area contributed by atoms with Crippen LogP contribution < -0.4 is 10.9 Å². The molecule has 0 aliphatic rings. The van der Waals surface area contributed by atoms with Crippen LogP contribution in [0.1, 0.15) is 0 Å². The van der Waals surface area contributed by atoms with Crippen molar-refractivity contribution in [3.05, 3.63) is 70.2 Å². The van der Waals surface area contributed by atoms with Crippen LogP contribution in [0.5, 0.6) is 0 Å². The van der Waals surface area contributed by atoms with E-state index in [1.54, 1.807) is 18.2 Å². The largest absolute Gasteiger partial charge is 0.325 e. The molecule has 0 unspecified atom stereocenters. The molecule has 25 heavy (non-hydrogen) atoms. The van der Waals surface area contributed by atoms with Crippen LogP contribution in [0.3, 0.4) is 0 Å². The molecule has 0 aliphatic heterocycles. The smallest absolute Gasteiger partial charge is 0.271 e. The molecular formula is C18H12ClN3O2S. The zero-order valence-electron chi connectivity index (χ0n) is 12.9. The summed E-state index contributed by atoms with van der Waals surface area (Å²) in [5, 5.41) is 4.10. The Hall–Kier alpha value is -2.70. The quantitative estimate of drug-likeness (QED) is 0.595. The summed E-state index contributed by atoms with van der Waals surface area (Å²) < 4.78 is 2.71. The van der Waals surface area contributed by atoms with Crippen molar-refractivity contribution in [3.63, 3.8) is 0 Å². The van der Waals surface area contributed by atoms with Crippen LogP contribution in [0.15, 0.2) is 59.7 Å². The van der Waals surface area contributed by atoms with Crippen molar-refractivity contribution in [1.82, 2.24) is 9.55 Å². The molecule has 0 spiro atoms. The summed E-state index contributed by atoms with van der Waals surface area (Å²) in [6, 6.07) is 14.6. The Morgan fingerprint density at radius 2 is 1.96 bits per heavy atom. The predicted octanol–water partition coefficient (Wildman–Crippen LogP) is 3.90. The van der Waals surface area contributed by atoms with Crippen LogP contribution >= 0.6 is 22.9 Å². The van der Waals surface area contributed by atoms with Crippen molar-refractivity contribution in [2.75, 3.05) is 5.32 Å². The molecule has 2 heterocycles. The highest BCUT2D eigenvalue weighted by Crippen LogP contribution is 2.34. The molecule has 124 valence electrons. The number of fused-ring (bicyclic) bond motifs is 3. The van der Waals surface area contributed by atoms with Crippen LogP contribution in [0.4, 0.5) is 5.69 Å². The minimum absolute atomic E-state index is 0.0986. The molecule has 1 N–H and O–H groups in total. The van der Waals surface area contributed by atoms with E-state index < -0.39 is 0 Å². The van der Waals surface area contributed by atoms with Gasteiger partial charge in [-0.1, -0.05) is 35.9 Å². The molecule has 4 rings (SSSR count). The molecule has 4 aromatic rings. The first kappa shape index (κ1) is 15.8. The predicted molar refractivity (Wildman–Crippen MR) is 101 cm³/mol. The molecule has 2 aromatic heterocycles. The molecule has 5 nitrogen and oxygen atoms in total. The highest BCUT2D eigenvalue weighted by Gasteiger charge is 2.15. The SMILES string of the molecule is O=C(Cn1cnc2c(sc3cccc(Cl)c32)c1=O)Nc1ccccc1. The molecule has 0 radical (unpaired) electrons. The van der Waals surface area contributed by atoms with Crippen LogP contribution in [0.2, 0.25) is 5.02 Å². The summed E-state index contributed by atoms with van der Waals surface area (Å²) in [7, 11) is 0. The van der Waals surface area contributed by atoms with Crippen LogP contribution in [0.25, 0.3) is 20.3 Å². The lowest BCUT2D eigenvalue weighted by atomic mass is 10.2. The first-order valence-electron chi connectivity index (χ1n) is 7.54. The third-order valence-electron chi connectivity index (χ3n) is 3.79. The van der Waals surface area contributed by atoms with Gasteiger partial charge in [-0.3, -0.25) is 14.2 Å². The Labute approximate surface area is 151 Å². The number of carbonyl (C=O) groups is 1. The minimum atomic E-state index is -0.284. The van der Waals surface area contributed by atoms with Crippen LogP contribution in [-0.2, 0) is 11.3 Å². The van der Waals surface area contributed by atoms with Gasteiger partial charge in [-0.15, -0.1) is 11.3 Å². The molecule has 0 saturated heterocycles. The number of thiophene rings is 1. The highest BCUT2D eigenvalue weighted by molar-refractivity contribution is 7.25. The number of rotatable bonds is 3. The second-order valence-corrected chi connectivity index (χ2v) is 6.94. The van der Waals surface area contributed by atoms with Gasteiger partial charge in [0.25, 0.3) is 5.56 Å². The fourth-order valence-corrected chi connectivity index (χ4v) is 4.11. The summed E-state index contributed by atoms with van der Waals surface area (Å²) in [6.07, 6.45) is 1.39. The summed E-state index contributed by atoms with van der Waals surface area (Å²) in [4.78, 5) is 29.2. The highest BCUT2D eigenvalue weighted by atomic mass is 35.5. The van der Waals surface area contributed by atoms with Gasteiger partial charge in [0.2, 0.25) is 5.91 Å². The topological polar surface area (TPSA) is 64.0 Å². The average molecular weight is 370 g/mol. The van der Waals surface area contributed by atoms with E-state index in [0.717, 1.165) is 10.1 Å². The molecule has 2 aromatic carbocycles. The van der Waals surface area contributed by atoms with E-state index in [0.29, 0.717) is 20.9 Å². The van der Waals surface area contributed by atoms with Crippen molar-refractivity contribution >= 4 is 54.8 Å². The van der Waals surface area contributed by atoms with Crippen molar-refractivity contribution in [2.24, 2.45) is 0 Å². The van der Waals surface area contributed by atoms with Crippen molar-refractivity contribution < 1.29 is 4.79 Å². The van der Waals surface area contributed by atoms with Gasteiger partial charge in [-0.2, -0.15) is 0 Å². The van der Waals surface area contributed by atoms with E-state index in [2.05, 4.69) is 10.3 Å². The maximum atomic E-state index is 12.7. The Morgan fingerprint density at radius 1 is 1.16 bits per heavy atom. The number of hydrogen-bond acceptors (Lipinski definition) is 4. The second kappa shape index (κ2) is 6.31. The Morgan fingerprint density at radius 3 is 2.76 bits per heavy atom. The lowest BCUT2D eigenvalue weighted by molar-refractivity contribution is -0.116. The average Bonchev–Trinajstić information content (AvgIpc) is 2.99. The van der Waals surface area contributed by atoms with Gasteiger partial charge in [0, 0.05) is 15.8 Å². The molecule has 0 bridgehead atoms. The Bertz CT molecular complexity index is 1150. The van der Waals surface area contributed by atoms with Gasteiger partial charge < -0.3 is 5.32 Å². The van der Waals surface area contributed by atoms with Crippen LogP contribution in [0, 0.1) is 0 Å². The first-order chi connectivity index (χ1) is 12.1. The fraction of sp³-hybridized carbons (Fsp3) is 0.0556. The standard InChI is InChI=1S/C18H12ClN3O2S/c19-12-7-4-8-13-15(12)16-17(25-13)18(24)22(10-20-16)9-14(23)21-11-5-2-1-3-6-11/h1-8,10H,9H2,(H,21,23). The first-order valence-corrected chi connectivity index (χ1v) is 8.74. The normalized spacial score (nSPS) is 11.1. The van der Waals surface area contributed by atoms with E-state index in [1.165, 1.54) is 22.2 Å². The number of carbonyl (C=O) groups excluding carboxylic acids is 1. The maximum absolute atomic E-state index is 12.7. The van der Waals surface area contributed by atoms with E-state index in [-0.39, 0.29) is 18.0 Å². The van der Waals surface area contributed by atoms with Crippen molar-refractivity contribution in [1.29, 1.82) is 0 Å². The number of anilines is 1.